The molecule has 206 valence electrons. The van der Waals surface area contributed by atoms with E-state index in [0.29, 0.717) is 30.4 Å². The van der Waals surface area contributed by atoms with Crippen molar-refractivity contribution in [3.8, 4) is 0 Å². The molecular formula is C34H59NO. The van der Waals surface area contributed by atoms with Crippen molar-refractivity contribution >= 4 is 0 Å². The zero-order valence-electron chi connectivity index (χ0n) is 24.8. The van der Waals surface area contributed by atoms with Crippen LogP contribution in [0.25, 0.3) is 0 Å². The second kappa shape index (κ2) is 18.0. The lowest BCUT2D eigenvalue weighted by atomic mass is 9.71. The molecule has 0 spiro atoms. The summed E-state index contributed by atoms with van der Waals surface area (Å²) in [5, 5.41) is 12.8. The Labute approximate surface area is 225 Å². The van der Waals surface area contributed by atoms with E-state index < -0.39 is 0 Å². The normalized spacial score (nSPS) is 32.6. The highest BCUT2D eigenvalue weighted by molar-refractivity contribution is 5.17. The summed E-state index contributed by atoms with van der Waals surface area (Å²) in [5.74, 6) is 5.15. The molecule has 2 nitrogen and oxygen atoms in total. The minimum Gasteiger partial charge on any atom is -0.396 e. The standard InChI is InChI=1S/C22H39NO.C7H12.C5H8/c1-16(8-10-19-6-5-7-20(14-19)15-24)9-11-21-12-18(3)22(23-4)13-17(21)2;1-4-5-6-7(2)3;1-4-3-5(4)2/h8-10,17-24H,5-7,11-15H2,1-4H3;4-7H,1H2,2-3H3;5H,1,3H2,2H3/b10-8+,16-9+;6-5-;. The Hall–Kier alpha value is -1.38. The first-order valence-corrected chi connectivity index (χ1v) is 14.7. The van der Waals surface area contributed by atoms with Gasteiger partial charge in [-0.05, 0) is 100 Å². The summed E-state index contributed by atoms with van der Waals surface area (Å²) >= 11 is 0. The van der Waals surface area contributed by atoms with Crippen molar-refractivity contribution in [2.75, 3.05) is 13.7 Å². The first-order chi connectivity index (χ1) is 17.1. The smallest absolute Gasteiger partial charge is 0.0459 e. The monoisotopic (exact) mass is 497 g/mol. The van der Waals surface area contributed by atoms with Gasteiger partial charge in [-0.2, -0.15) is 0 Å². The van der Waals surface area contributed by atoms with Gasteiger partial charge in [-0.15, -0.1) is 0 Å². The molecule has 3 rings (SSSR count). The van der Waals surface area contributed by atoms with E-state index in [1.54, 1.807) is 6.08 Å². The zero-order valence-corrected chi connectivity index (χ0v) is 24.8. The van der Waals surface area contributed by atoms with Crippen molar-refractivity contribution in [1.82, 2.24) is 5.32 Å². The lowest BCUT2D eigenvalue weighted by Gasteiger charge is -2.38. The Bertz CT molecular complexity index is 715. The molecule has 3 aliphatic carbocycles. The summed E-state index contributed by atoms with van der Waals surface area (Å²) in [4.78, 5) is 0. The van der Waals surface area contributed by atoms with Crippen LogP contribution in [0.4, 0.5) is 0 Å². The average molecular weight is 498 g/mol. The molecule has 7 atom stereocenters. The van der Waals surface area contributed by atoms with Crippen LogP contribution in [-0.2, 0) is 0 Å². The molecule has 0 radical (unpaired) electrons. The van der Waals surface area contributed by atoms with Crippen molar-refractivity contribution < 1.29 is 5.11 Å². The average Bonchev–Trinajstić information content (AvgIpc) is 3.53. The fraction of sp³-hybridized carbons (Fsp3) is 0.706. The summed E-state index contributed by atoms with van der Waals surface area (Å²) in [6.07, 6.45) is 23.2. The Balaban J connectivity index is 0.000000441. The van der Waals surface area contributed by atoms with Crippen molar-refractivity contribution in [2.45, 2.75) is 99.0 Å². The number of nitrogens with one attached hydrogen (secondary N) is 1. The molecule has 2 heteroatoms. The van der Waals surface area contributed by atoms with Gasteiger partial charge < -0.3 is 10.4 Å². The molecule has 3 saturated carbocycles. The highest BCUT2D eigenvalue weighted by Crippen LogP contribution is 2.36. The van der Waals surface area contributed by atoms with Gasteiger partial charge in [-0.25, -0.2) is 0 Å². The van der Waals surface area contributed by atoms with E-state index in [1.165, 1.54) is 62.5 Å². The highest BCUT2D eigenvalue weighted by atomic mass is 16.3. The van der Waals surface area contributed by atoms with Crippen LogP contribution in [0, 0.1) is 41.4 Å². The predicted octanol–water partition coefficient (Wildman–Crippen LogP) is 8.91. The van der Waals surface area contributed by atoms with Crippen LogP contribution in [-0.4, -0.2) is 24.8 Å². The van der Waals surface area contributed by atoms with E-state index >= 15 is 0 Å². The maximum absolute atomic E-state index is 9.36. The van der Waals surface area contributed by atoms with Crippen LogP contribution in [0.15, 0.2) is 60.8 Å². The minimum absolute atomic E-state index is 0.366. The van der Waals surface area contributed by atoms with Gasteiger partial charge in [-0.1, -0.05) is 102 Å². The van der Waals surface area contributed by atoms with Crippen molar-refractivity contribution in [2.24, 2.45) is 41.4 Å². The Morgan fingerprint density at radius 3 is 2.28 bits per heavy atom. The van der Waals surface area contributed by atoms with Crippen molar-refractivity contribution in [3.05, 3.63) is 60.8 Å². The first-order valence-electron chi connectivity index (χ1n) is 14.7. The molecule has 0 aromatic rings. The highest BCUT2D eigenvalue weighted by Gasteiger charge is 2.31. The molecule has 36 heavy (non-hydrogen) atoms. The van der Waals surface area contributed by atoms with E-state index in [4.69, 9.17) is 0 Å². The number of allylic oxidation sites excluding steroid dienone is 8. The van der Waals surface area contributed by atoms with Crippen LogP contribution in [0.1, 0.15) is 92.9 Å². The van der Waals surface area contributed by atoms with Crippen molar-refractivity contribution in [1.29, 1.82) is 0 Å². The van der Waals surface area contributed by atoms with E-state index in [1.807, 2.05) is 6.08 Å². The van der Waals surface area contributed by atoms with Gasteiger partial charge in [-0.3, -0.25) is 0 Å². The topological polar surface area (TPSA) is 32.3 Å². The maximum Gasteiger partial charge on any atom is 0.0459 e. The molecule has 0 amide bonds. The molecule has 0 aromatic carbocycles. The Morgan fingerprint density at radius 1 is 1.11 bits per heavy atom. The van der Waals surface area contributed by atoms with Crippen LogP contribution in [0.3, 0.4) is 0 Å². The third kappa shape index (κ3) is 13.8. The number of hydrogen-bond acceptors (Lipinski definition) is 2. The maximum atomic E-state index is 9.36. The van der Waals surface area contributed by atoms with E-state index in [0.717, 1.165) is 23.7 Å². The van der Waals surface area contributed by atoms with Crippen LogP contribution < -0.4 is 5.32 Å². The Kier molecular flexibility index (Phi) is 16.3. The summed E-state index contributed by atoms with van der Waals surface area (Å²) in [7, 11) is 2.11. The second-order valence-corrected chi connectivity index (χ2v) is 12.2. The molecule has 2 N–H and O–H groups in total. The predicted molar refractivity (Wildman–Crippen MR) is 161 cm³/mol. The van der Waals surface area contributed by atoms with Crippen LogP contribution >= 0.6 is 0 Å². The molecular weight excluding hydrogens is 438 g/mol. The molecule has 3 aliphatic rings. The van der Waals surface area contributed by atoms with Gasteiger partial charge in [0.2, 0.25) is 0 Å². The third-order valence-corrected chi connectivity index (χ3v) is 8.36. The first kappa shape index (κ1) is 32.6. The van der Waals surface area contributed by atoms with Gasteiger partial charge in [0.25, 0.3) is 0 Å². The molecule has 7 unspecified atom stereocenters. The Morgan fingerprint density at radius 2 is 1.78 bits per heavy atom. The lowest BCUT2D eigenvalue weighted by Crippen LogP contribution is -2.40. The fourth-order valence-electron chi connectivity index (χ4n) is 5.43. The van der Waals surface area contributed by atoms with E-state index in [-0.39, 0.29) is 0 Å². The molecule has 0 heterocycles. The van der Waals surface area contributed by atoms with Gasteiger partial charge in [0, 0.05) is 12.6 Å². The van der Waals surface area contributed by atoms with Gasteiger partial charge in [0.1, 0.15) is 0 Å². The summed E-state index contributed by atoms with van der Waals surface area (Å²) < 4.78 is 0. The minimum atomic E-state index is 0.366. The van der Waals surface area contributed by atoms with Crippen LogP contribution in [0.2, 0.25) is 0 Å². The van der Waals surface area contributed by atoms with Gasteiger partial charge >= 0.3 is 0 Å². The molecule has 0 aliphatic heterocycles. The lowest BCUT2D eigenvalue weighted by molar-refractivity contribution is 0.161. The number of aliphatic hydroxyl groups is 1. The summed E-state index contributed by atoms with van der Waals surface area (Å²) in [6.45, 7) is 21.2. The molecule has 3 fully saturated rings. The quantitative estimate of drug-likeness (QED) is 0.259. The molecule has 0 aromatic heterocycles. The number of aliphatic hydroxyl groups excluding tert-OH is 1. The number of hydrogen-bond donors (Lipinski definition) is 2. The second-order valence-electron chi connectivity index (χ2n) is 12.2. The van der Waals surface area contributed by atoms with Gasteiger partial charge in [0.15, 0.2) is 0 Å². The molecule has 0 saturated heterocycles. The third-order valence-electron chi connectivity index (χ3n) is 8.36. The largest absolute Gasteiger partial charge is 0.396 e. The summed E-state index contributed by atoms with van der Waals surface area (Å²) in [6, 6.07) is 0.701. The fourth-order valence-corrected chi connectivity index (χ4v) is 5.43. The van der Waals surface area contributed by atoms with Crippen LogP contribution in [0.5, 0.6) is 0 Å². The van der Waals surface area contributed by atoms with E-state index in [2.05, 4.69) is 91.4 Å². The number of rotatable bonds is 8. The molecule has 0 bridgehead atoms. The SMILES string of the molecule is C=C/C=C\C(C)C.C=C1CC1C.CNC1CC(C)C(C/C=C(C)/C=C/C2CCCC(CO)C2)CC1C. The zero-order chi connectivity index (χ0) is 27.1. The van der Waals surface area contributed by atoms with E-state index in [9.17, 15) is 5.11 Å². The van der Waals surface area contributed by atoms with Gasteiger partial charge in [0.05, 0.1) is 0 Å². The summed E-state index contributed by atoms with van der Waals surface area (Å²) in [5.41, 5.74) is 2.83. The van der Waals surface area contributed by atoms with Crippen molar-refractivity contribution in [3.63, 3.8) is 0 Å².